The molecule has 3 amide bonds. The highest BCUT2D eigenvalue weighted by Gasteiger charge is 2.46. The molecule has 4 aliphatic rings. The van der Waals surface area contributed by atoms with Crippen molar-refractivity contribution in [2.45, 2.75) is 55.4 Å². The lowest BCUT2D eigenvalue weighted by atomic mass is 10.1. The van der Waals surface area contributed by atoms with E-state index in [0.717, 1.165) is 22.5 Å². The number of hydrogen-bond donors (Lipinski definition) is 1. The van der Waals surface area contributed by atoms with Crippen LogP contribution in [0.4, 0.5) is 21.9 Å². The second-order valence-electron chi connectivity index (χ2n) is 14.4. The third-order valence-electron chi connectivity index (χ3n) is 10.4. The lowest BCUT2D eigenvalue weighted by Gasteiger charge is -2.31. The van der Waals surface area contributed by atoms with Crippen LogP contribution >= 0.6 is 21.6 Å². The monoisotopic (exact) mass is 860 g/mol. The minimum absolute atomic E-state index is 0.0386. The number of carbonyl (C=O) groups is 3. The van der Waals surface area contributed by atoms with Crippen molar-refractivity contribution in [1.29, 1.82) is 0 Å². The van der Waals surface area contributed by atoms with Crippen LogP contribution in [0.3, 0.4) is 0 Å². The number of amides is 3. The Hall–Kier alpha value is -5.79. The van der Waals surface area contributed by atoms with E-state index in [1.54, 1.807) is 23.2 Å². The largest absolute Gasteiger partial charge is 0.493 e. The molecule has 316 valence electrons. The lowest BCUT2D eigenvalue weighted by Crippen LogP contribution is -2.51. The summed E-state index contributed by atoms with van der Waals surface area (Å²) < 4.78 is 29.0. The second kappa shape index (κ2) is 18.6. The molecule has 17 nitrogen and oxygen atoms in total. The summed E-state index contributed by atoms with van der Waals surface area (Å²) in [6, 6.07) is 8.45. The topological polar surface area (TPSA) is 196 Å². The van der Waals surface area contributed by atoms with Crippen molar-refractivity contribution in [1.82, 2.24) is 14.8 Å². The van der Waals surface area contributed by atoms with Crippen LogP contribution < -0.4 is 23.8 Å². The molecule has 7 rings (SSSR count). The predicted molar refractivity (Wildman–Crippen MR) is 225 cm³/mol. The van der Waals surface area contributed by atoms with Crippen molar-refractivity contribution < 1.29 is 48.1 Å². The first kappa shape index (κ1) is 42.3. The Labute approximate surface area is 353 Å². The first-order valence-electron chi connectivity index (χ1n) is 19.2. The summed E-state index contributed by atoms with van der Waals surface area (Å²) in [7, 11) is 5.58. The molecule has 2 aromatic carbocycles. The molecule has 0 saturated carbocycles. The van der Waals surface area contributed by atoms with E-state index in [4.69, 9.17) is 23.7 Å². The molecule has 0 spiro atoms. The highest BCUT2D eigenvalue weighted by atomic mass is 33.1. The van der Waals surface area contributed by atoms with Gasteiger partial charge >= 0.3 is 6.09 Å². The number of aliphatic hydroxyl groups is 1. The quantitative estimate of drug-likeness (QED) is 0.0531. The minimum atomic E-state index is -1.45. The Morgan fingerprint density at radius 1 is 0.900 bits per heavy atom. The number of hydrogen-bond acceptors (Lipinski definition) is 15. The fourth-order valence-electron chi connectivity index (χ4n) is 7.40. The lowest BCUT2D eigenvalue weighted by molar-refractivity contribution is -0.385. The average molecular weight is 861 g/mol. The number of anilines is 1. The maximum absolute atomic E-state index is 13.9. The van der Waals surface area contributed by atoms with Gasteiger partial charge in [-0.3, -0.25) is 24.7 Å². The first-order valence-corrected chi connectivity index (χ1v) is 21.5. The predicted octanol–water partition coefficient (Wildman–Crippen LogP) is 6.61. The van der Waals surface area contributed by atoms with E-state index in [-0.39, 0.29) is 60.1 Å². The van der Waals surface area contributed by atoms with Crippen LogP contribution in [0.5, 0.6) is 23.0 Å². The highest BCUT2D eigenvalue weighted by molar-refractivity contribution is 8.76. The zero-order chi connectivity index (χ0) is 42.5. The van der Waals surface area contributed by atoms with Gasteiger partial charge in [0.15, 0.2) is 29.2 Å². The Bertz CT molecular complexity index is 2220. The molecule has 3 aromatic rings. The van der Waals surface area contributed by atoms with Gasteiger partial charge in [-0.2, -0.15) is 0 Å². The van der Waals surface area contributed by atoms with Gasteiger partial charge in [0.25, 0.3) is 17.5 Å². The van der Waals surface area contributed by atoms with Crippen molar-refractivity contribution in [3.63, 3.8) is 0 Å². The number of carbonyl (C=O) groups excluding carboxylic acids is 3. The van der Waals surface area contributed by atoms with Gasteiger partial charge in [-0.1, -0.05) is 35.1 Å². The number of fused-ring (bicyclic) bond motifs is 4. The molecule has 0 unspecified atom stereocenters. The van der Waals surface area contributed by atoms with E-state index >= 15 is 0 Å². The van der Waals surface area contributed by atoms with Gasteiger partial charge in [-0.15, -0.1) is 0 Å². The fourth-order valence-corrected chi connectivity index (χ4v) is 9.09. The number of aromatic nitrogens is 1. The second-order valence-corrected chi connectivity index (χ2v) is 16.8. The molecule has 3 atom stereocenters. The van der Waals surface area contributed by atoms with Gasteiger partial charge in [0.1, 0.15) is 17.8 Å². The minimum Gasteiger partial charge on any atom is -0.493 e. The van der Waals surface area contributed by atoms with Gasteiger partial charge < -0.3 is 38.6 Å². The van der Waals surface area contributed by atoms with Gasteiger partial charge in [0, 0.05) is 43.3 Å². The van der Waals surface area contributed by atoms with Gasteiger partial charge in [0.05, 0.1) is 66.9 Å². The summed E-state index contributed by atoms with van der Waals surface area (Å²) in [5.74, 6) is 1.30. The van der Waals surface area contributed by atoms with E-state index in [0.29, 0.717) is 72.4 Å². The number of nitrogens with zero attached hydrogens (tertiary/aromatic N) is 6. The summed E-state index contributed by atoms with van der Waals surface area (Å²) >= 11 is 0. The summed E-state index contributed by atoms with van der Waals surface area (Å²) in [6.07, 6.45) is 3.67. The van der Waals surface area contributed by atoms with Crippen LogP contribution in [0.2, 0.25) is 0 Å². The SMILES string of the molecule is C=C1C[C@H]2C=Nc3cc(OCCCCCOc4cc5c(cc4OC)C(=O)N4CC(=C)C[C@H]4[C@H](O)N5C(=O)OCCSSc4ccc([N+](=O)[O-])cn4)c(OC)cc3C(=O)N2C1. The van der Waals surface area contributed by atoms with Crippen molar-refractivity contribution in [3.05, 3.63) is 88.1 Å². The number of benzene rings is 2. The number of rotatable bonds is 16. The molecule has 5 heterocycles. The number of pyridine rings is 1. The molecular formula is C41H44N6O11S2. The fraction of sp³-hybridized carbons (Fsp3) is 0.390. The number of aliphatic hydroxyl groups excluding tert-OH is 1. The van der Waals surface area contributed by atoms with Crippen LogP contribution in [0.1, 0.15) is 52.8 Å². The maximum Gasteiger partial charge on any atom is 0.416 e. The zero-order valence-electron chi connectivity index (χ0n) is 33.1. The summed E-state index contributed by atoms with van der Waals surface area (Å²) in [5, 5.41) is 23.1. The Morgan fingerprint density at radius 2 is 1.57 bits per heavy atom. The Balaban J connectivity index is 0.964. The van der Waals surface area contributed by atoms with Crippen molar-refractivity contribution in [2.75, 3.05) is 57.8 Å². The van der Waals surface area contributed by atoms with Crippen molar-refractivity contribution in [2.24, 2.45) is 4.99 Å². The van der Waals surface area contributed by atoms with Gasteiger partial charge in [-0.05, 0) is 61.1 Å². The molecule has 0 aliphatic carbocycles. The molecule has 1 N–H and O–H groups in total. The first-order chi connectivity index (χ1) is 29.0. The molecule has 2 saturated heterocycles. The van der Waals surface area contributed by atoms with Gasteiger partial charge in [0.2, 0.25) is 0 Å². The van der Waals surface area contributed by atoms with E-state index in [9.17, 15) is 29.6 Å². The zero-order valence-corrected chi connectivity index (χ0v) is 34.7. The molecule has 1 aromatic heterocycles. The van der Waals surface area contributed by atoms with Crippen molar-refractivity contribution in [3.8, 4) is 23.0 Å². The highest BCUT2D eigenvalue weighted by Crippen LogP contribution is 2.43. The van der Waals surface area contributed by atoms with Crippen LogP contribution in [0.15, 0.2) is 76.9 Å². The normalized spacial score (nSPS) is 19.2. The number of nitro groups is 1. The smallest absolute Gasteiger partial charge is 0.416 e. The third-order valence-corrected chi connectivity index (χ3v) is 12.6. The van der Waals surface area contributed by atoms with E-state index in [1.807, 2.05) is 0 Å². The molecule has 4 aliphatic heterocycles. The molecular weight excluding hydrogens is 817 g/mol. The van der Waals surface area contributed by atoms with Crippen LogP contribution in [-0.4, -0.2) is 120 Å². The molecule has 0 radical (unpaired) electrons. The van der Waals surface area contributed by atoms with E-state index < -0.39 is 29.2 Å². The van der Waals surface area contributed by atoms with E-state index in [1.165, 1.54) is 71.2 Å². The van der Waals surface area contributed by atoms with Gasteiger partial charge in [-0.25, -0.2) is 14.7 Å². The molecule has 60 heavy (non-hydrogen) atoms. The molecule has 0 bridgehead atoms. The average Bonchev–Trinajstić information content (AvgIpc) is 3.78. The number of methoxy groups -OCH3 is 2. The Kier molecular flexibility index (Phi) is 13.2. The third kappa shape index (κ3) is 9.02. The maximum atomic E-state index is 13.9. The molecule has 19 heteroatoms. The van der Waals surface area contributed by atoms with Crippen LogP contribution in [0, 0.1) is 10.1 Å². The standard InChI is InChI=1S/C41H44N6O11S2/c1-24-14-27-21-42-30-18-35(33(54-3)16-28(30)38(48)44(27)22-24)56-10-6-5-7-11-57-36-19-31-29(17-34(36)55-4)39(49)45-23-25(2)15-32(45)40(50)46(31)41(51)58-12-13-59-60-37-9-8-26(20-43-37)47(52)53/h8-9,16-21,27,32,40,50H,1-2,5-7,10-15,22-23H2,3-4H3/t27-,32-,40-/m0/s1. The summed E-state index contributed by atoms with van der Waals surface area (Å²) in [5.41, 5.74) is 2.84. The number of unbranched alkanes of at least 4 members (excludes halogenated alkanes) is 2. The van der Waals surface area contributed by atoms with Crippen LogP contribution in [0.25, 0.3) is 0 Å². The summed E-state index contributed by atoms with van der Waals surface area (Å²) in [6.45, 7) is 9.37. The number of ether oxygens (including phenoxy) is 5. The van der Waals surface area contributed by atoms with E-state index in [2.05, 4.69) is 23.1 Å². The summed E-state index contributed by atoms with van der Waals surface area (Å²) in [4.78, 5) is 64.3. The number of aliphatic imine (C=N–C) groups is 1. The van der Waals surface area contributed by atoms with Crippen molar-refractivity contribution >= 4 is 62.8 Å². The Morgan fingerprint density at radius 3 is 2.25 bits per heavy atom. The molecule has 2 fully saturated rings. The van der Waals surface area contributed by atoms with Crippen LogP contribution in [-0.2, 0) is 4.74 Å².